The van der Waals surface area contributed by atoms with Gasteiger partial charge in [-0.3, -0.25) is 5.43 Å². The van der Waals surface area contributed by atoms with Crippen molar-refractivity contribution in [3.8, 4) is 0 Å². The molecule has 0 bridgehead atoms. The predicted octanol–water partition coefficient (Wildman–Crippen LogP) is 5.34. The highest BCUT2D eigenvalue weighted by molar-refractivity contribution is 9.10. The quantitative estimate of drug-likeness (QED) is 0.307. The Labute approximate surface area is 187 Å². The van der Waals surface area contributed by atoms with Crippen LogP contribution in [0.25, 0.3) is 27.5 Å². The van der Waals surface area contributed by atoms with Crippen molar-refractivity contribution in [1.82, 2.24) is 20.3 Å². The molecule has 1 aliphatic heterocycles. The molecule has 0 saturated carbocycles. The number of rotatable bonds is 4. The lowest BCUT2D eigenvalue weighted by atomic mass is 10.1. The van der Waals surface area contributed by atoms with E-state index >= 15 is 0 Å². The van der Waals surface area contributed by atoms with E-state index in [0.717, 1.165) is 32.6 Å². The average Bonchev–Trinajstić information content (AvgIpc) is 3.33. The Balaban J connectivity index is 1.33. The highest BCUT2D eigenvalue weighted by Crippen LogP contribution is 2.30. The number of aromatic nitrogens is 2. The molecule has 0 aliphatic carbocycles. The number of fused-ring (bicyclic) bond motifs is 3. The van der Waals surface area contributed by atoms with E-state index in [1.807, 2.05) is 12.1 Å². The number of hydrogen-bond acceptors (Lipinski definition) is 5. The monoisotopic (exact) mass is 477 g/mol. The van der Waals surface area contributed by atoms with E-state index < -0.39 is 0 Å². The van der Waals surface area contributed by atoms with Crippen LogP contribution in [0.2, 0.25) is 0 Å². The molecular formula is C23H20BrN5S. The first kappa shape index (κ1) is 19.2. The summed E-state index contributed by atoms with van der Waals surface area (Å²) in [4.78, 5) is 4.74. The summed E-state index contributed by atoms with van der Waals surface area (Å²) in [6.07, 6.45) is 1.79. The van der Waals surface area contributed by atoms with Crippen molar-refractivity contribution in [2.75, 3.05) is 0 Å². The molecule has 4 aromatic rings. The molecule has 30 heavy (non-hydrogen) atoms. The molecular weight excluding hydrogens is 458 g/mol. The van der Waals surface area contributed by atoms with Gasteiger partial charge in [0.25, 0.3) is 0 Å². The van der Waals surface area contributed by atoms with Crippen molar-refractivity contribution in [1.29, 1.82) is 0 Å². The average molecular weight is 478 g/mol. The van der Waals surface area contributed by atoms with Crippen LogP contribution >= 0.6 is 27.7 Å². The molecule has 2 aromatic carbocycles. The third-order valence-electron chi connectivity index (χ3n) is 5.23. The zero-order valence-corrected chi connectivity index (χ0v) is 19.0. The van der Waals surface area contributed by atoms with Gasteiger partial charge in [-0.25, -0.2) is 4.98 Å². The van der Waals surface area contributed by atoms with Gasteiger partial charge >= 0.3 is 0 Å². The van der Waals surface area contributed by atoms with Gasteiger partial charge in [-0.2, -0.15) is 5.10 Å². The summed E-state index contributed by atoms with van der Waals surface area (Å²) < 4.78 is 3.28. The molecule has 1 atom stereocenters. The number of nitrogens with zero attached hydrogens (tertiary/aromatic N) is 3. The number of para-hydroxylation sites is 1. The van der Waals surface area contributed by atoms with Gasteiger partial charge in [0.1, 0.15) is 0 Å². The number of hydrogen-bond donors (Lipinski definition) is 2. The van der Waals surface area contributed by atoms with Crippen molar-refractivity contribution in [2.24, 2.45) is 12.1 Å². The fourth-order valence-corrected chi connectivity index (χ4v) is 4.92. The second-order valence-corrected chi connectivity index (χ2v) is 9.09. The summed E-state index contributed by atoms with van der Waals surface area (Å²) in [6.45, 7) is 2.05. The molecule has 0 fully saturated rings. The van der Waals surface area contributed by atoms with Crippen LogP contribution in [0.1, 0.15) is 17.0 Å². The SMILES string of the molecule is Cc1nc(/C=N/NC2NC(c3ccc(Br)cc3)=CS2)cc2c3ccccc3n(C)c12. The van der Waals surface area contributed by atoms with Gasteiger partial charge in [0, 0.05) is 27.8 Å². The van der Waals surface area contributed by atoms with Gasteiger partial charge < -0.3 is 9.88 Å². The van der Waals surface area contributed by atoms with Crippen LogP contribution < -0.4 is 10.7 Å². The fraction of sp³-hybridized carbons (Fsp3) is 0.130. The smallest absolute Gasteiger partial charge is 0.165 e. The third-order valence-corrected chi connectivity index (χ3v) is 6.63. The molecule has 5 rings (SSSR count). The molecule has 2 N–H and O–H groups in total. The molecule has 7 heteroatoms. The van der Waals surface area contributed by atoms with Gasteiger partial charge in [-0.1, -0.05) is 58.0 Å². The van der Waals surface area contributed by atoms with E-state index in [0.29, 0.717) is 0 Å². The molecule has 0 saturated heterocycles. The zero-order valence-electron chi connectivity index (χ0n) is 16.6. The molecule has 5 nitrogen and oxygen atoms in total. The number of hydrazone groups is 1. The van der Waals surface area contributed by atoms with E-state index in [9.17, 15) is 0 Å². The highest BCUT2D eigenvalue weighted by atomic mass is 79.9. The minimum Gasteiger partial charge on any atom is -0.355 e. The zero-order chi connectivity index (χ0) is 20.7. The van der Waals surface area contributed by atoms with Gasteiger partial charge in [0.15, 0.2) is 5.50 Å². The van der Waals surface area contributed by atoms with Crippen LogP contribution in [-0.2, 0) is 7.05 Å². The Bertz CT molecular complexity index is 1310. The second kappa shape index (κ2) is 7.81. The summed E-state index contributed by atoms with van der Waals surface area (Å²) >= 11 is 5.14. The van der Waals surface area contributed by atoms with Crippen molar-refractivity contribution in [2.45, 2.75) is 12.4 Å². The summed E-state index contributed by atoms with van der Waals surface area (Å²) in [6, 6.07) is 18.8. The van der Waals surface area contributed by atoms with E-state index in [1.54, 1.807) is 18.0 Å². The first-order valence-corrected chi connectivity index (χ1v) is 11.4. The molecule has 0 radical (unpaired) electrons. The second-order valence-electron chi connectivity index (χ2n) is 7.19. The molecule has 3 heterocycles. The van der Waals surface area contributed by atoms with E-state index in [4.69, 9.17) is 4.98 Å². The maximum atomic E-state index is 4.74. The normalized spacial score (nSPS) is 16.4. The topological polar surface area (TPSA) is 54.2 Å². The van der Waals surface area contributed by atoms with Crippen molar-refractivity contribution >= 4 is 61.4 Å². The molecule has 1 unspecified atom stereocenters. The van der Waals surface area contributed by atoms with Crippen LogP contribution in [-0.4, -0.2) is 21.3 Å². The van der Waals surface area contributed by atoms with Gasteiger partial charge in [-0.05, 0) is 42.2 Å². The van der Waals surface area contributed by atoms with Crippen molar-refractivity contribution < 1.29 is 0 Å². The van der Waals surface area contributed by atoms with E-state index in [1.165, 1.54) is 16.3 Å². The lowest BCUT2D eigenvalue weighted by Crippen LogP contribution is -2.31. The van der Waals surface area contributed by atoms with Crippen LogP contribution in [0.3, 0.4) is 0 Å². The third kappa shape index (κ3) is 3.48. The minimum atomic E-state index is -0.0118. The van der Waals surface area contributed by atoms with Crippen LogP contribution in [0, 0.1) is 6.92 Å². The number of benzene rings is 2. The summed E-state index contributed by atoms with van der Waals surface area (Å²) in [5.41, 5.74) is 9.61. The Morgan fingerprint density at radius 1 is 1.17 bits per heavy atom. The van der Waals surface area contributed by atoms with E-state index in [-0.39, 0.29) is 5.50 Å². The number of halogens is 1. The lowest BCUT2D eigenvalue weighted by Gasteiger charge is -2.12. The maximum Gasteiger partial charge on any atom is 0.165 e. The number of pyridine rings is 1. The van der Waals surface area contributed by atoms with E-state index in [2.05, 4.69) is 98.2 Å². The minimum absolute atomic E-state index is 0.0118. The summed E-state index contributed by atoms with van der Waals surface area (Å²) in [7, 11) is 2.09. The standard InChI is InChI=1S/C23H20BrN5S/c1-14-22-19(18-5-3-4-6-21(18)29(22)2)11-17(26-14)12-25-28-23-27-20(13-30-23)15-7-9-16(24)10-8-15/h3-13,23,27-28H,1-2H3/b25-12+. The fourth-order valence-electron chi connectivity index (χ4n) is 3.86. The summed E-state index contributed by atoms with van der Waals surface area (Å²) in [5.74, 6) is 0. The van der Waals surface area contributed by atoms with Gasteiger partial charge in [0.05, 0.1) is 28.8 Å². The van der Waals surface area contributed by atoms with Crippen LogP contribution in [0.5, 0.6) is 0 Å². The van der Waals surface area contributed by atoms with Crippen molar-refractivity contribution in [3.63, 3.8) is 0 Å². The Morgan fingerprint density at radius 3 is 2.80 bits per heavy atom. The molecule has 2 aromatic heterocycles. The van der Waals surface area contributed by atoms with Crippen LogP contribution in [0.4, 0.5) is 0 Å². The first-order valence-electron chi connectivity index (χ1n) is 9.61. The number of aryl methyl sites for hydroxylation is 2. The molecule has 0 amide bonds. The highest BCUT2D eigenvalue weighted by Gasteiger charge is 2.17. The first-order chi connectivity index (χ1) is 14.6. The maximum absolute atomic E-state index is 4.74. The number of thioether (sulfide) groups is 1. The van der Waals surface area contributed by atoms with Crippen LogP contribution in [0.15, 0.2) is 69.6 Å². The Hall–Kier alpha value is -2.77. The molecule has 150 valence electrons. The molecule has 0 spiro atoms. The van der Waals surface area contributed by atoms with Crippen molar-refractivity contribution in [3.05, 3.63) is 81.4 Å². The Morgan fingerprint density at radius 2 is 1.97 bits per heavy atom. The number of nitrogens with one attached hydrogen (secondary N) is 2. The van der Waals surface area contributed by atoms with Gasteiger partial charge in [0.2, 0.25) is 0 Å². The predicted molar refractivity (Wildman–Crippen MR) is 130 cm³/mol. The molecule has 1 aliphatic rings. The largest absolute Gasteiger partial charge is 0.355 e. The Kier molecular flexibility index (Phi) is 5.00. The van der Waals surface area contributed by atoms with Gasteiger partial charge in [-0.15, -0.1) is 0 Å². The lowest BCUT2D eigenvalue weighted by molar-refractivity contribution is 0.657. The summed E-state index contributed by atoms with van der Waals surface area (Å²) in [5, 5.41) is 12.4.